The van der Waals surface area contributed by atoms with E-state index >= 15 is 0 Å². The van der Waals surface area contributed by atoms with Gasteiger partial charge in [0.1, 0.15) is 11.3 Å². The number of hydrogen-bond acceptors (Lipinski definition) is 4. The predicted octanol–water partition coefficient (Wildman–Crippen LogP) is 4.22. The molecule has 0 radical (unpaired) electrons. The lowest BCUT2D eigenvalue weighted by Crippen LogP contribution is -2.11. The van der Waals surface area contributed by atoms with Gasteiger partial charge in [0.15, 0.2) is 0 Å². The molecule has 0 spiro atoms. The summed E-state index contributed by atoms with van der Waals surface area (Å²) in [5.74, 6) is 0.544. The largest absolute Gasteiger partial charge is 0.494 e. The van der Waals surface area contributed by atoms with Crippen molar-refractivity contribution in [3.05, 3.63) is 70.6 Å². The van der Waals surface area contributed by atoms with Gasteiger partial charge in [-0.1, -0.05) is 13.3 Å². The normalized spacial score (nSPS) is 10.6. The molecule has 0 saturated carbocycles. The Morgan fingerprint density at radius 2 is 1.88 bits per heavy atom. The third kappa shape index (κ3) is 4.26. The number of carbonyl (C=O) groups excluding carboxylic acids is 1. The van der Waals surface area contributed by atoms with E-state index in [0.29, 0.717) is 23.4 Å². The van der Waals surface area contributed by atoms with Crippen molar-refractivity contribution in [2.75, 3.05) is 11.9 Å². The molecule has 2 aromatic carbocycles. The van der Waals surface area contributed by atoms with Crippen molar-refractivity contribution < 1.29 is 13.9 Å². The molecule has 1 heterocycles. The molecular weight excluding hydrogens is 318 g/mol. The SMILES string of the molecule is CCCCOc1ccc(C(=O)Nc2ccc3oc(=O)ccc3c2)cc1. The summed E-state index contributed by atoms with van der Waals surface area (Å²) >= 11 is 0. The Morgan fingerprint density at radius 3 is 2.64 bits per heavy atom. The van der Waals surface area contributed by atoms with Crippen molar-refractivity contribution in [2.45, 2.75) is 19.8 Å². The number of carbonyl (C=O) groups is 1. The first kappa shape index (κ1) is 16.8. The first-order valence-electron chi connectivity index (χ1n) is 8.24. The van der Waals surface area contributed by atoms with Gasteiger partial charge in [0.05, 0.1) is 6.61 Å². The smallest absolute Gasteiger partial charge is 0.336 e. The Morgan fingerprint density at radius 1 is 1.08 bits per heavy atom. The van der Waals surface area contributed by atoms with Gasteiger partial charge in [-0.15, -0.1) is 0 Å². The highest BCUT2D eigenvalue weighted by molar-refractivity contribution is 6.05. The molecule has 5 heteroatoms. The minimum Gasteiger partial charge on any atom is -0.494 e. The minimum absolute atomic E-state index is 0.211. The summed E-state index contributed by atoms with van der Waals surface area (Å²) in [6.07, 6.45) is 2.08. The molecule has 5 nitrogen and oxygen atoms in total. The van der Waals surface area contributed by atoms with Crippen LogP contribution in [0.15, 0.2) is 63.8 Å². The highest BCUT2D eigenvalue weighted by Gasteiger charge is 2.07. The number of ether oxygens (including phenoxy) is 1. The third-order valence-corrected chi connectivity index (χ3v) is 3.76. The van der Waals surface area contributed by atoms with Crippen molar-refractivity contribution in [3.8, 4) is 5.75 Å². The average Bonchev–Trinajstić information content (AvgIpc) is 2.62. The van der Waals surface area contributed by atoms with Crippen LogP contribution in [0.25, 0.3) is 11.0 Å². The molecule has 0 atom stereocenters. The molecular formula is C20H19NO4. The van der Waals surface area contributed by atoms with Crippen LogP contribution in [0.3, 0.4) is 0 Å². The van der Waals surface area contributed by atoms with Crippen LogP contribution in [0.5, 0.6) is 5.75 Å². The predicted molar refractivity (Wildman–Crippen MR) is 97.3 cm³/mol. The van der Waals surface area contributed by atoms with E-state index in [0.717, 1.165) is 24.0 Å². The number of fused-ring (bicyclic) bond motifs is 1. The quantitative estimate of drug-likeness (QED) is 0.540. The molecule has 1 aromatic heterocycles. The molecule has 128 valence electrons. The molecule has 1 N–H and O–H groups in total. The fraction of sp³-hybridized carbons (Fsp3) is 0.200. The van der Waals surface area contributed by atoms with E-state index in [2.05, 4.69) is 12.2 Å². The molecule has 25 heavy (non-hydrogen) atoms. The summed E-state index contributed by atoms with van der Waals surface area (Å²) in [6.45, 7) is 2.78. The van der Waals surface area contributed by atoms with Crippen LogP contribution < -0.4 is 15.7 Å². The molecule has 3 rings (SSSR count). The van der Waals surface area contributed by atoms with Gasteiger partial charge in [0.25, 0.3) is 5.91 Å². The van der Waals surface area contributed by atoms with E-state index in [9.17, 15) is 9.59 Å². The van der Waals surface area contributed by atoms with Gasteiger partial charge in [-0.3, -0.25) is 4.79 Å². The van der Waals surface area contributed by atoms with E-state index in [1.165, 1.54) is 6.07 Å². The van der Waals surface area contributed by atoms with Crippen LogP contribution in [0, 0.1) is 0 Å². The average molecular weight is 337 g/mol. The van der Waals surface area contributed by atoms with E-state index in [4.69, 9.17) is 9.15 Å². The van der Waals surface area contributed by atoms with Crippen molar-refractivity contribution >= 4 is 22.6 Å². The maximum absolute atomic E-state index is 12.4. The Kier molecular flexibility index (Phi) is 5.14. The lowest BCUT2D eigenvalue weighted by Gasteiger charge is -2.08. The Labute approximate surface area is 145 Å². The summed E-state index contributed by atoms with van der Waals surface area (Å²) in [7, 11) is 0. The first-order valence-corrected chi connectivity index (χ1v) is 8.24. The van der Waals surface area contributed by atoms with Gasteiger partial charge in [-0.2, -0.15) is 0 Å². The summed E-state index contributed by atoms with van der Waals surface area (Å²) in [5.41, 5.74) is 1.27. The fourth-order valence-corrected chi connectivity index (χ4v) is 2.39. The van der Waals surface area contributed by atoms with Gasteiger partial charge in [-0.05, 0) is 55.0 Å². The lowest BCUT2D eigenvalue weighted by molar-refractivity contribution is 0.102. The number of hydrogen-bond donors (Lipinski definition) is 1. The van der Waals surface area contributed by atoms with Crippen molar-refractivity contribution in [1.29, 1.82) is 0 Å². The van der Waals surface area contributed by atoms with Gasteiger partial charge in [0.2, 0.25) is 0 Å². The van der Waals surface area contributed by atoms with E-state index in [1.807, 2.05) is 0 Å². The second-order valence-electron chi connectivity index (χ2n) is 5.69. The number of rotatable bonds is 6. The van der Waals surface area contributed by atoms with E-state index < -0.39 is 5.63 Å². The number of nitrogens with one attached hydrogen (secondary N) is 1. The summed E-state index contributed by atoms with van der Waals surface area (Å²) < 4.78 is 10.7. The Bertz CT molecular complexity index is 928. The van der Waals surface area contributed by atoms with Gasteiger partial charge in [-0.25, -0.2) is 4.79 Å². The van der Waals surface area contributed by atoms with Crippen LogP contribution >= 0.6 is 0 Å². The molecule has 0 aliphatic heterocycles. The van der Waals surface area contributed by atoms with Crippen LogP contribution in [0.4, 0.5) is 5.69 Å². The number of anilines is 1. The molecule has 0 bridgehead atoms. The topological polar surface area (TPSA) is 68.5 Å². The minimum atomic E-state index is -0.398. The van der Waals surface area contributed by atoms with Crippen LogP contribution in [0.2, 0.25) is 0 Å². The first-order chi connectivity index (χ1) is 12.2. The Balaban J connectivity index is 1.69. The van der Waals surface area contributed by atoms with Gasteiger partial charge >= 0.3 is 5.63 Å². The van der Waals surface area contributed by atoms with E-state index in [-0.39, 0.29) is 5.91 Å². The number of amides is 1. The molecule has 1 amide bonds. The zero-order valence-corrected chi connectivity index (χ0v) is 14.0. The third-order valence-electron chi connectivity index (χ3n) is 3.76. The monoisotopic (exact) mass is 337 g/mol. The molecule has 0 aliphatic carbocycles. The highest BCUT2D eigenvalue weighted by atomic mass is 16.5. The molecule has 0 fully saturated rings. The molecule has 3 aromatic rings. The molecule has 0 aliphatic rings. The number of unbranched alkanes of at least 4 members (excludes halogenated alkanes) is 1. The highest BCUT2D eigenvalue weighted by Crippen LogP contribution is 2.19. The fourth-order valence-electron chi connectivity index (χ4n) is 2.39. The second-order valence-corrected chi connectivity index (χ2v) is 5.69. The van der Waals surface area contributed by atoms with Crippen molar-refractivity contribution in [1.82, 2.24) is 0 Å². The molecule has 0 unspecified atom stereocenters. The summed E-state index contributed by atoms with van der Waals surface area (Å²) in [5, 5.41) is 3.58. The zero-order valence-electron chi connectivity index (χ0n) is 14.0. The van der Waals surface area contributed by atoms with Crippen LogP contribution in [0.1, 0.15) is 30.1 Å². The maximum atomic E-state index is 12.4. The van der Waals surface area contributed by atoms with E-state index in [1.54, 1.807) is 48.5 Å². The van der Waals surface area contributed by atoms with Crippen molar-refractivity contribution in [3.63, 3.8) is 0 Å². The van der Waals surface area contributed by atoms with Gasteiger partial charge in [0, 0.05) is 22.7 Å². The Hall–Kier alpha value is -3.08. The van der Waals surface area contributed by atoms with Crippen LogP contribution in [-0.2, 0) is 0 Å². The van der Waals surface area contributed by atoms with Gasteiger partial charge < -0.3 is 14.5 Å². The summed E-state index contributed by atoms with van der Waals surface area (Å²) in [6, 6.07) is 15.2. The molecule has 0 saturated heterocycles. The zero-order chi connectivity index (χ0) is 17.6. The lowest BCUT2D eigenvalue weighted by atomic mass is 10.2. The maximum Gasteiger partial charge on any atom is 0.336 e. The van der Waals surface area contributed by atoms with Crippen molar-refractivity contribution in [2.24, 2.45) is 0 Å². The second kappa shape index (κ2) is 7.66. The summed E-state index contributed by atoms with van der Waals surface area (Å²) in [4.78, 5) is 23.5. The standard InChI is InChI=1S/C20H19NO4/c1-2-3-12-24-17-8-4-14(5-9-17)20(23)21-16-7-10-18-15(13-16)6-11-19(22)25-18/h4-11,13H,2-3,12H2,1H3,(H,21,23). The number of benzene rings is 2. The van der Waals surface area contributed by atoms with Crippen LogP contribution in [-0.4, -0.2) is 12.5 Å².